The average molecular weight is 250 g/mol. The molecule has 0 saturated heterocycles. The van der Waals surface area contributed by atoms with Crippen LogP contribution in [0, 0.1) is 11.8 Å². The summed E-state index contributed by atoms with van der Waals surface area (Å²) in [5.41, 5.74) is 2.45. The molecule has 0 amide bonds. The van der Waals surface area contributed by atoms with E-state index < -0.39 is 5.97 Å². The van der Waals surface area contributed by atoms with Crippen molar-refractivity contribution in [1.82, 2.24) is 0 Å². The molecule has 2 aliphatic rings. The molecule has 0 spiro atoms. The van der Waals surface area contributed by atoms with Crippen molar-refractivity contribution in [2.45, 2.75) is 6.42 Å². The number of fused-ring (bicyclic) bond motifs is 2. The molecule has 0 fully saturated rings. The molecule has 1 aromatic carbocycles. The Balaban J connectivity index is 0.00000108. The van der Waals surface area contributed by atoms with Crippen LogP contribution in [0.1, 0.15) is 12.0 Å². The van der Waals surface area contributed by atoms with Crippen molar-refractivity contribution in [2.24, 2.45) is 11.8 Å². The smallest absolute Gasteiger partial charge is 0.545 e. The summed E-state index contributed by atoms with van der Waals surface area (Å²) in [5.74, 6) is -0.693. The minimum Gasteiger partial charge on any atom is -0.545 e. The molecule has 17 heavy (non-hydrogen) atoms. The van der Waals surface area contributed by atoms with Gasteiger partial charge in [-0.25, -0.2) is 0 Å². The quantitative estimate of drug-likeness (QED) is 0.468. The standard InChI is InChI=1S/C14H12O2.K/c15-14(16)13-11-7-6-10(8-11)12(13)9-4-2-1-3-5-9;/h1-7,10-11H,8H2,(H,15,16);/q;+1/p-1. The van der Waals surface area contributed by atoms with Crippen LogP contribution in [0.15, 0.2) is 48.1 Å². The molecule has 3 rings (SSSR count). The summed E-state index contributed by atoms with van der Waals surface area (Å²) < 4.78 is 0. The Bertz CT molecular complexity index is 502. The molecule has 1 aromatic rings. The van der Waals surface area contributed by atoms with Gasteiger partial charge in [-0.2, -0.15) is 0 Å². The van der Waals surface area contributed by atoms with Crippen molar-refractivity contribution in [1.29, 1.82) is 0 Å². The van der Waals surface area contributed by atoms with Crippen LogP contribution in [0.5, 0.6) is 0 Å². The van der Waals surface area contributed by atoms with Crippen molar-refractivity contribution < 1.29 is 61.3 Å². The van der Waals surface area contributed by atoms with E-state index in [2.05, 4.69) is 6.08 Å². The van der Waals surface area contributed by atoms with E-state index in [9.17, 15) is 9.90 Å². The molecule has 0 N–H and O–H groups in total. The topological polar surface area (TPSA) is 40.1 Å². The van der Waals surface area contributed by atoms with Crippen LogP contribution in [0.4, 0.5) is 0 Å². The van der Waals surface area contributed by atoms with Crippen LogP contribution >= 0.6 is 0 Å². The number of carbonyl (C=O) groups excluding carboxylic acids is 1. The number of carboxylic acids is 1. The first-order valence-corrected chi connectivity index (χ1v) is 5.46. The molecule has 2 atom stereocenters. The normalized spacial score (nSPS) is 24.9. The number of carboxylic acid groups (broad SMARTS) is 1. The first kappa shape index (κ1) is 13.2. The van der Waals surface area contributed by atoms with Gasteiger partial charge in [-0.3, -0.25) is 0 Å². The minimum atomic E-state index is -1.02. The van der Waals surface area contributed by atoms with E-state index in [1.165, 1.54) is 0 Å². The number of hydrogen-bond acceptors (Lipinski definition) is 2. The number of allylic oxidation sites excluding steroid dienone is 3. The molecule has 3 heteroatoms. The molecule has 0 radical (unpaired) electrons. The zero-order chi connectivity index (χ0) is 11.1. The van der Waals surface area contributed by atoms with Gasteiger partial charge in [-0.1, -0.05) is 42.5 Å². The molecule has 0 saturated carbocycles. The van der Waals surface area contributed by atoms with Gasteiger partial charge in [0.2, 0.25) is 0 Å². The zero-order valence-electron chi connectivity index (χ0n) is 9.72. The summed E-state index contributed by atoms with van der Waals surface area (Å²) in [6, 6.07) is 9.74. The van der Waals surface area contributed by atoms with Gasteiger partial charge >= 0.3 is 51.4 Å². The molecular weight excluding hydrogens is 239 g/mol. The predicted octanol–water partition coefficient (Wildman–Crippen LogP) is -1.60. The van der Waals surface area contributed by atoms with E-state index in [1.807, 2.05) is 36.4 Å². The summed E-state index contributed by atoms with van der Waals surface area (Å²) >= 11 is 0. The van der Waals surface area contributed by atoms with Crippen LogP contribution < -0.4 is 56.5 Å². The number of carbonyl (C=O) groups is 1. The first-order chi connectivity index (χ1) is 7.77. The third-order valence-electron chi connectivity index (χ3n) is 3.42. The third-order valence-corrected chi connectivity index (χ3v) is 3.42. The third kappa shape index (κ3) is 2.22. The maximum Gasteiger partial charge on any atom is 1.00 e. The minimum absolute atomic E-state index is 0. The summed E-state index contributed by atoms with van der Waals surface area (Å²) in [7, 11) is 0. The number of aliphatic carboxylic acids is 1. The first-order valence-electron chi connectivity index (χ1n) is 5.46. The number of hydrogen-bond donors (Lipinski definition) is 0. The SMILES string of the molecule is O=C([O-])C1=C(c2ccccc2)C2C=CC1C2.[K+]. The van der Waals surface area contributed by atoms with Crippen molar-refractivity contribution in [3.05, 3.63) is 53.6 Å². The molecule has 0 aliphatic heterocycles. The summed E-state index contributed by atoms with van der Waals surface area (Å²) in [5, 5.41) is 11.2. The number of benzene rings is 1. The van der Waals surface area contributed by atoms with E-state index >= 15 is 0 Å². The average Bonchev–Trinajstić information content (AvgIpc) is 2.89. The molecule has 2 bridgehead atoms. The van der Waals surface area contributed by atoms with Gasteiger partial charge in [0.25, 0.3) is 0 Å². The van der Waals surface area contributed by atoms with E-state index in [0.29, 0.717) is 5.57 Å². The Morgan fingerprint density at radius 3 is 2.41 bits per heavy atom. The van der Waals surface area contributed by atoms with Gasteiger partial charge in [0.1, 0.15) is 0 Å². The molecule has 0 aromatic heterocycles. The Morgan fingerprint density at radius 1 is 1.12 bits per heavy atom. The maximum atomic E-state index is 11.2. The fourth-order valence-electron chi connectivity index (χ4n) is 2.78. The van der Waals surface area contributed by atoms with Gasteiger partial charge < -0.3 is 9.90 Å². The van der Waals surface area contributed by atoms with Gasteiger partial charge in [0.05, 0.1) is 5.97 Å². The summed E-state index contributed by atoms with van der Waals surface area (Å²) in [6.07, 6.45) is 5.00. The van der Waals surface area contributed by atoms with Crippen LogP contribution in [0.3, 0.4) is 0 Å². The van der Waals surface area contributed by atoms with E-state index in [0.717, 1.165) is 17.6 Å². The van der Waals surface area contributed by atoms with Gasteiger partial charge in [0, 0.05) is 11.8 Å². The van der Waals surface area contributed by atoms with Gasteiger partial charge in [-0.15, -0.1) is 0 Å². The van der Waals surface area contributed by atoms with E-state index in [4.69, 9.17) is 0 Å². The Morgan fingerprint density at radius 2 is 1.76 bits per heavy atom. The maximum absolute atomic E-state index is 11.2. The molecular formula is C14H11KO2. The second-order valence-corrected chi connectivity index (χ2v) is 4.31. The van der Waals surface area contributed by atoms with Crippen molar-refractivity contribution >= 4 is 11.5 Å². The monoisotopic (exact) mass is 250 g/mol. The number of rotatable bonds is 2. The van der Waals surface area contributed by atoms with Gasteiger partial charge in [-0.05, 0) is 23.1 Å². The molecule has 2 aliphatic carbocycles. The second kappa shape index (κ2) is 5.20. The van der Waals surface area contributed by atoms with Crippen molar-refractivity contribution in [3.63, 3.8) is 0 Å². The fraction of sp³-hybridized carbons (Fsp3) is 0.214. The van der Waals surface area contributed by atoms with E-state index in [1.54, 1.807) is 0 Å². The van der Waals surface area contributed by atoms with Gasteiger partial charge in [0.15, 0.2) is 0 Å². The molecule has 80 valence electrons. The largest absolute Gasteiger partial charge is 1.00 e. The zero-order valence-corrected chi connectivity index (χ0v) is 12.8. The second-order valence-electron chi connectivity index (χ2n) is 4.31. The molecule has 2 nitrogen and oxygen atoms in total. The van der Waals surface area contributed by atoms with Crippen molar-refractivity contribution in [3.8, 4) is 0 Å². The van der Waals surface area contributed by atoms with Crippen LogP contribution in [0.2, 0.25) is 0 Å². The van der Waals surface area contributed by atoms with Crippen LogP contribution in [-0.4, -0.2) is 5.97 Å². The Kier molecular flexibility index (Phi) is 4.05. The Labute approximate surface area is 143 Å². The van der Waals surface area contributed by atoms with E-state index in [-0.39, 0.29) is 63.2 Å². The van der Waals surface area contributed by atoms with Crippen LogP contribution in [-0.2, 0) is 4.79 Å². The fourth-order valence-corrected chi connectivity index (χ4v) is 2.78. The van der Waals surface area contributed by atoms with Crippen molar-refractivity contribution in [2.75, 3.05) is 0 Å². The predicted molar refractivity (Wildman–Crippen MR) is 59.1 cm³/mol. The molecule has 2 unspecified atom stereocenters. The Hall–Kier alpha value is -0.194. The van der Waals surface area contributed by atoms with Crippen LogP contribution in [0.25, 0.3) is 5.57 Å². The summed E-state index contributed by atoms with van der Waals surface area (Å²) in [4.78, 5) is 11.2. The summed E-state index contributed by atoms with van der Waals surface area (Å²) in [6.45, 7) is 0. The molecule has 0 heterocycles.